The van der Waals surface area contributed by atoms with Crippen LogP contribution in [-0.4, -0.2) is 44.8 Å². The number of fused-ring (bicyclic) bond motifs is 1. The van der Waals surface area contributed by atoms with Crippen molar-refractivity contribution in [3.8, 4) is 5.75 Å². The average Bonchev–Trinajstić information content (AvgIpc) is 2.94. The van der Waals surface area contributed by atoms with E-state index >= 15 is 0 Å². The number of carbonyl (C=O) groups excluding carboxylic acids is 1. The molecule has 8 heteroatoms. The Morgan fingerprint density at radius 2 is 2.11 bits per heavy atom. The lowest BCUT2D eigenvalue weighted by atomic mass is 10.2. The fourth-order valence-corrected chi connectivity index (χ4v) is 4.17. The van der Waals surface area contributed by atoms with Crippen LogP contribution >= 0.6 is 24.0 Å². The number of aliphatic carboxylic acids is 1. The quantitative estimate of drug-likeness (QED) is 0.394. The Kier molecular flexibility index (Phi) is 6.64. The molecule has 28 heavy (non-hydrogen) atoms. The number of methoxy groups -OCH3 is 1. The van der Waals surface area contributed by atoms with Gasteiger partial charge in [-0.15, -0.1) is 0 Å². The molecule has 0 radical (unpaired) electrons. The normalized spacial score (nSPS) is 15.6. The molecule has 1 saturated heterocycles. The molecule has 1 N–H and O–H groups in total. The summed E-state index contributed by atoms with van der Waals surface area (Å²) < 4.78 is 5.75. The van der Waals surface area contributed by atoms with Crippen LogP contribution in [0.4, 0.5) is 0 Å². The zero-order chi connectivity index (χ0) is 20.1. The van der Waals surface area contributed by atoms with E-state index in [4.69, 9.17) is 22.1 Å². The number of ether oxygens (including phenoxy) is 1. The number of thioether (sulfide) groups is 1. The molecule has 0 unspecified atom stereocenters. The zero-order valence-corrected chi connectivity index (χ0v) is 17.0. The van der Waals surface area contributed by atoms with E-state index in [0.29, 0.717) is 27.9 Å². The number of rotatable bonds is 8. The largest absolute Gasteiger partial charge is 0.497 e. The molecule has 1 fully saturated rings. The van der Waals surface area contributed by atoms with Crippen LogP contribution in [0.15, 0.2) is 35.2 Å². The Bertz CT molecular complexity index is 958. The van der Waals surface area contributed by atoms with E-state index in [1.54, 1.807) is 18.1 Å². The number of aromatic nitrogens is 1. The van der Waals surface area contributed by atoms with Crippen LogP contribution in [0.2, 0.25) is 0 Å². The molecular weight excluding hydrogens is 396 g/mol. The lowest BCUT2D eigenvalue weighted by Gasteiger charge is -2.13. The molecule has 1 aliphatic heterocycles. The van der Waals surface area contributed by atoms with Crippen molar-refractivity contribution in [2.45, 2.75) is 25.7 Å². The number of carbonyl (C=O) groups is 2. The second-order valence-corrected chi connectivity index (χ2v) is 8.01. The summed E-state index contributed by atoms with van der Waals surface area (Å²) in [6.07, 6.45) is 3.98. The van der Waals surface area contributed by atoms with Crippen LogP contribution in [0.3, 0.4) is 0 Å². The number of pyridine rings is 1. The summed E-state index contributed by atoms with van der Waals surface area (Å²) in [6, 6.07) is 9.45. The first-order valence-electron chi connectivity index (χ1n) is 8.90. The van der Waals surface area contributed by atoms with Crippen LogP contribution in [0.1, 0.15) is 31.4 Å². The SMILES string of the molecule is COc1ccc2nc(C=C3SC(=S)N(CCCCCC(=O)O)C3=O)ccc2c1. The fraction of sp³-hybridized carbons (Fsp3) is 0.300. The van der Waals surface area contributed by atoms with Gasteiger partial charge >= 0.3 is 5.97 Å². The Morgan fingerprint density at radius 1 is 1.29 bits per heavy atom. The first-order valence-corrected chi connectivity index (χ1v) is 10.1. The van der Waals surface area contributed by atoms with Crippen molar-refractivity contribution < 1.29 is 19.4 Å². The van der Waals surface area contributed by atoms with E-state index in [2.05, 4.69) is 4.98 Å². The Labute approximate surface area is 172 Å². The summed E-state index contributed by atoms with van der Waals surface area (Å²) in [5.74, 6) is -0.147. The highest BCUT2D eigenvalue weighted by Crippen LogP contribution is 2.33. The number of hydrogen-bond acceptors (Lipinski definition) is 6. The van der Waals surface area contributed by atoms with Gasteiger partial charge in [-0.3, -0.25) is 14.5 Å². The van der Waals surface area contributed by atoms with Gasteiger partial charge in [-0.05, 0) is 43.2 Å². The maximum Gasteiger partial charge on any atom is 0.303 e. The molecule has 0 saturated carbocycles. The van der Waals surface area contributed by atoms with Gasteiger partial charge in [0.2, 0.25) is 0 Å². The highest BCUT2D eigenvalue weighted by molar-refractivity contribution is 8.26. The van der Waals surface area contributed by atoms with Crippen molar-refractivity contribution in [2.24, 2.45) is 0 Å². The van der Waals surface area contributed by atoms with Gasteiger partial charge in [0, 0.05) is 18.4 Å². The molecule has 0 spiro atoms. The number of benzene rings is 1. The van der Waals surface area contributed by atoms with Crippen molar-refractivity contribution >= 4 is 57.2 Å². The van der Waals surface area contributed by atoms with Gasteiger partial charge < -0.3 is 9.84 Å². The topological polar surface area (TPSA) is 79.7 Å². The van der Waals surface area contributed by atoms with Crippen LogP contribution in [0, 0.1) is 0 Å². The summed E-state index contributed by atoms with van der Waals surface area (Å²) in [7, 11) is 1.62. The summed E-state index contributed by atoms with van der Waals surface area (Å²) >= 11 is 6.61. The number of hydrogen-bond donors (Lipinski definition) is 1. The molecule has 1 aliphatic rings. The molecule has 3 rings (SSSR count). The number of thiocarbonyl (C=S) groups is 1. The minimum absolute atomic E-state index is 0.120. The van der Waals surface area contributed by atoms with Crippen LogP contribution in [0.5, 0.6) is 5.75 Å². The third kappa shape index (κ3) is 4.88. The minimum atomic E-state index is -0.796. The van der Waals surface area contributed by atoms with Crippen molar-refractivity contribution in [3.63, 3.8) is 0 Å². The molecule has 0 aliphatic carbocycles. The van der Waals surface area contributed by atoms with Gasteiger partial charge in [0.05, 0.1) is 23.2 Å². The van der Waals surface area contributed by atoms with E-state index in [1.807, 2.05) is 30.3 Å². The lowest BCUT2D eigenvalue weighted by Crippen LogP contribution is -2.29. The van der Waals surface area contributed by atoms with Gasteiger partial charge in [-0.1, -0.05) is 36.5 Å². The molecule has 1 amide bonds. The van der Waals surface area contributed by atoms with Crippen molar-refractivity contribution in [3.05, 3.63) is 40.9 Å². The van der Waals surface area contributed by atoms with Gasteiger partial charge in [0.1, 0.15) is 10.1 Å². The number of unbranched alkanes of at least 4 members (excludes halogenated alkanes) is 2. The molecule has 0 bridgehead atoms. The predicted molar refractivity (Wildman–Crippen MR) is 114 cm³/mol. The second-order valence-electron chi connectivity index (χ2n) is 6.33. The summed E-state index contributed by atoms with van der Waals surface area (Å²) in [6.45, 7) is 0.507. The van der Waals surface area contributed by atoms with E-state index in [-0.39, 0.29) is 12.3 Å². The highest BCUT2D eigenvalue weighted by atomic mass is 32.2. The van der Waals surface area contributed by atoms with Crippen LogP contribution in [0.25, 0.3) is 17.0 Å². The molecule has 1 aromatic heterocycles. The van der Waals surface area contributed by atoms with E-state index in [1.165, 1.54) is 11.8 Å². The number of amides is 1. The fourth-order valence-electron chi connectivity index (χ4n) is 2.88. The van der Waals surface area contributed by atoms with E-state index in [9.17, 15) is 9.59 Å². The van der Waals surface area contributed by atoms with Crippen molar-refractivity contribution in [1.29, 1.82) is 0 Å². The van der Waals surface area contributed by atoms with Crippen LogP contribution < -0.4 is 4.74 Å². The van der Waals surface area contributed by atoms with Crippen molar-refractivity contribution in [1.82, 2.24) is 9.88 Å². The van der Waals surface area contributed by atoms with E-state index < -0.39 is 5.97 Å². The first-order chi connectivity index (χ1) is 13.5. The Balaban J connectivity index is 1.67. The zero-order valence-electron chi connectivity index (χ0n) is 15.4. The Morgan fingerprint density at radius 3 is 2.86 bits per heavy atom. The standard InChI is InChI=1S/C20H20N2O4S2/c1-26-15-8-9-16-13(11-15)6-7-14(21-16)12-17-19(25)22(20(27)28-17)10-4-2-3-5-18(23)24/h6-9,11-12H,2-5,10H2,1H3,(H,23,24). The maximum atomic E-state index is 12.7. The lowest BCUT2D eigenvalue weighted by molar-refractivity contribution is -0.137. The minimum Gasteiger partial charge on any atom is -0.497 e. The Hall–Kier alpha value is -2.45. The van der Waals surface area contributed by atoms with Gasteiger partial charge in [-0.25, -0.2) is 4.98 Å². The third-order valence-corrected chi connectivity index (χ3v) is 5.72. The maximum absolute atomic E-state index is 12.7. The van der Waals surface area contributed by atoms with E-state index in [0.717, 1.165) is 29.5 Å². The molecule has 6 nitrogen and oxygen atoms in total. The molecule has 146 valence electrons. The van der Waals surface area contributed by atoms with Gasteiger partial charge in [-0.2, -0.15) is 0 Å². The second kappa shape index (κ2) is 9.16. The number of carboxylic acid groups (broad SMARTS) is 1. The summed E-state index contributed by atoms with van der Waals surface area (Å²) in [4.78, 5) is 29.9. The average molecular weight is 417 g/mol. The number of carboxylic acids is 1. The predicted octanol–water partition coefficient (Wildman–Crippen LogP) is 4.09. The van der Waals surface area contributed by atoms with Crippen molar-refractivity contribution in [2.75, 3.05) is 13.7 Å². The first kappa shape index (κ1) is 20.3. The summed E-state index contributed by atoms with van der Waals surface area (Å²) in [5.41, 5.74) is 1.52. The molecule has 2 aromatic rings. The monoisotopic (exact) mass is 416 g/mol. The molecular formula is C20H20N2O4S2. The number of nitrogens with zero attached hydrogens (tertiary/aromatic N) is 2. The van der Waals surface area contributed by atoms with Gasteiger partial charge in [0.25, 0.3) is 5.91 Å². The summed E-state index contributed by atoms with van der Waals surface area (Å²) in [5, 5.41) is 9.63. The molecule has 2 heterocycles. The highest BCUT2D eigenvalue weighted by Gasteiger charge is 2.31. The molecule has 0 atom stereocenters. The van der Waals surface area contributed by atoms with Gasteiger partial charge in [0.15, 0.2) is 0 Å². The smallest absolute Gasteiger partial charge is 0.303 e. The third-order valence-electron chi connectivity index (χ3n) is 4.34. The van der Waals surface area contributed by atoms with Crippen LogP contribution in [-0.2, 0) is 9.59 Å². The molecule has 1 aromatic carbocycles.